The van der Waals surface area contributed by atoms with Crippen LogP contribution in [0.25, 0.3) is 0 Å². The minimum absolute atomic E-state index is 0.0745. The van der Waals surface area contributed by atoms with Gasteiger partial charge in [0.15, 0.2) is 0 Å². The van der Waals surface area contributed by atoms with E-state index in [1.54, 1.807) is 0 Å². The topological polar surface area (TPSA) is 66.9 Å². The monoisotopic (exact) mass is 306 g/mol. The Labute approximate surface area is 126 Å². The standard InChI is InChI=1S/C15H16F2N4O/c1-15(2,3)21-14-18-7-6-12(20-14)13(22)19-11-5-4-9(16)8-10(11)17/h4-8H,1-3H3,(H,19,22)(H,18,20,21). The molecule has 0 saturated carbocycles. The molecule has 22 heavy (non-hydrogen) atoms. The lowest BCUT2D eigenvalue weighted by atomic mass is 10.1. The third kappa shape index (κ3) is 4.21. The molecule has 0 saturated heterocycles. The van der Waals surface area contributed by atoms with Crippen molar-refractivity contribution in [2.45, 2.75) is 26.3 Å². The van der Waals surface area contributed by atoms with Crippen molar-refractivity contribution < 1.29 is 13.6 Å². The third-order valence-electron chi connectivity index (χ3n) is 2.55. The van der Waals surface area contributed by atoms with Crippen molar-refractivity contribution in [2.75, 3.05) is 10.6 Å². The molecular weight excluding hydrogens is 290 g/mol. The summed E-state index contributed by atoms with van der Waals surface area (Å²) in [7, 11) is 0. The molecule has 7 heteroatoms. The van der Waals surface area contributed by atoms with Crippen LogP contribution < -0.4 is 10.6 Å². The van der Waals surface area contributed by atoms with Crippen LogP contribution in [-0.2, 0) is 0 Å². The van der Waals surface area contributed by atoms with Gasteiger partial charge in [0.2, 0.25) is 5.95 Å². The van der Waals surface area contributed by atoms with E-state index < -0.39 is 17.5 Å². The summed E-state index contributed by atoms with van der Waals surface area (Å²) in [4.78, 5) is 20.2. The first-order valence-corrected chi connectivity index (χ1v) is 6.62. The van der Waals surface area contributed by atoms with Gasteiger partial charge in [-0.15, -0.1) is 0 Å². The molecule has 2 rings (SSSR count). The quantitative estimate of drug-likeness (QED) is 0.913. The van der Waals surface area contributed by atoms with Crippen molar-refractivity contribution in [3.8, 4) is 0 Å². The second-order valence-electron chi connectivity index (χ2n) is 5.72. The van der Waals surface area contributed by atoms with Crippen LogP contribution in [0.1, 0.15) is 31.3 Å². The van der Waals surface area contributed by atoms with Crippen molar-refractivity contribution in [1.82, 2.24) is 9.97 Å². The number of aromatic nitrogens is 2. The predicted octanol–water partition coefficient (Wildman–Crippen LogP) is 3.22. The van der Waals surface area contributed by atoms with Gasteiger partial charge in [-0.05, 0) is 39.0 Å². The number of carbonyl (C=O) groups is 1. The zero-order valence-corrected chi connectivity index (χ0v) is 12.4. The van der Waals surface area contributed by atoms with Crippen molar-refractivity contribution >= 4 is 17.5 Å². The molecule has 0 bridgehead atoms. The first-order chi connectivity index (χ1) is 10.2. The van der Waals surface area contributed by atoms with Gasteiger partial charge in [0.1, 0.15) is 17.3 Å². The molecule has 0 aliphatic carbocycles. The van der Waals surface area contributed by atoms with Gasteiger partial charge in [-0.3, -0.25) is 4.79 Å². The number of halogens is 2. The first-order valence-electron chi connectivity index (χ1n) is 6.62. The summed E-state index contributed by atoms with van der Waals surface area (Å²) in [6, 6.07) is 4.32. The maximum absolute atomic E-state index is 13.5. The number of hydrogen-bond acceptors (Lipinski definition) is 4. The molecule has 0 aliphatic heterocycles. The van der Waals surface area contributed by atoms with Crippen LogP contribution in [0.4, 0.5) is 20.4 Å². The van der Waals surface area contributed by atoms with Gasteiger partial charge >= 0.3 is 0 Å². The van der Waals surface area contributed by atoms with Crippen LogP contribution in [0.3, 0.4) is 0 Å². The molecule has 116 valence electrons. The Morgan fingerprint density at radius 2 is 1.91 bits per heavy atom. The highest BCUT2D eigenvalue weighted by atomic mass is 19.1. The molecule has 5 nitrogen and oxygen atoms in total. The summed E-state index contributed by atoms with van der Waals surface area (Å²) < 4.78 is 26.4. The van der Waals surface area contributed by atoms with Crippen LogP contribution in [0, 0.1) is 11.6 Å². The van der Waals surface area contributed by atoms with Gasteiger partial charge in [-0.1, -0.05) is 0 Å². The largest absolute Gasteiger partial charge is 0.350 e. The van der Waals surface area contributed by atoms with E-state index in [-0.39, 0.29) is 16.9 Å². The Morgan fingerprint density at radius 1 is 1.18 bits per heavy atom. The SMILES string of the molecule is CC(C)(C)Nc1nccc(C(=O)Nc2ccc(F)cc2F)n1. The molecule has 0 unspecified atom stereocenters. The summed E-state index contributed by atoms with van der Waals surface area (Å²) >= 11 is 0. The zero-order valence-electron chi connectivity index (χ0n) is 12.4. The van der Waals surface area contributed by atoms with E-state index in [4.69, 9.17) is 0 Å². The molecule has 0 radical (unpaired) electrons. The summed E-state index contributed by atoms with van der Waals surface area (Å²) in [5, 5.41) is 5.38. The van der Waals surface area contributed by atoms with Gasteiger partial charge < -0.3 is 10.6 Å². The normalized spacial score (nSPS) is 11.1. The van der Waals surface area contributed by atoms with Crippen molar-refractivity contribution in [2.24, 2.45) is 0 Å². The number of carbonyl (C=O) groups excluding carboxylic acids is 1. The van der Waals surface area contributed by atoms with Crippen LogP contribution in [0.15, 0.2) is 30.5 Å². The van der Waals surface area contributed by atoms with Crippen LogP contribution in [-0.4, -0.2) is 21.4 Å². The third-order valence-corrected chi connectivity index (χ3v) is 2.55. The second kappa shape index (κ2) is 6.05. The van der Waals surface area contributed by atoms with Crippen LogP contribution in [0.5, 0.6) is 0 Å². The Kier molecular flexibility index (Phi) is 4.35. The first kappa shape index (κ1) is 15.8. The van der Waals surface area contributed by atoms with Crippen LogP contribution >= 0.6 is 0 Å². The average Bonchev–Trinajstić information content (AvgIpc) is 2.40. The molecule has 2 N–H and O–H groups in total. The number of amides is 1. The Balaban J connectivity index is 2.17. The van der Waals surface area contributed by atoms with E-state index in [0.717, 1.165) is 12.1 Å². The lowest BCUT2D eigenvalue weighted by Gasteiger charge is -2.20. The summed E-state index contributed by atoms with van der Waals surface area (Å²) in [5.41, 5.74) is -0.307. The molecule has 2 aromatic rings. The van der Waals surface area contributed by atoms with E-state index >= 15 is 0 Å². The molecule has 1 aromatic heterocycles. The fourth-order valence-electron chi connectivity index (χ4n) is 1.66. The highest BCUT2D eigenvalue weighted by molar-refractivity contribution is 6.03. The molecule has 1 aromatic carbocycles. The lowest BCUT2D eigenvalue weighted by molar-refractivity contribution is 0.102. The molecule has 1 heterocycles. The number of hydrogen-bond donors (Lipinski definition) is 2. The minimum atomic E-state index is -0.851. The lowest BCUT2D eigenvalue weighted by Crippen LogP contribution is -2.28. The van der Waals surface area contributed by atoms with Gasteiger partial charge in [-0.25, -0.2) is 18.7 Å². The number of benzene rings is 1. The highest BCUT2D eigenvalue weighted by Crippen LogP contribution is 2.16. The summed E-state index contributed by atoms with van der Waals surface area (Å²) in [5.74, 6) is -1.88. The van der Waals surface area contributed by atoms with E-state index in [1.807, 2.05) is 20.8 Å². The van der Waals surface area contributed by atoms with E-state index in [2.05, 4.69) is 20.6 Å². The molecular formula is C15H16F2N4O. The zero-order chi connectivity index (χ0) is 16.3. The maximum Gasteiger partial charge on any atom is 0.274 e. The fraction of sp³-hybridized carbons (Fsp3) is 0.267. The van der Waals surface area contributed by atoms with Crippen molar-refractivity contribution in [1.29, 1.82) is 0 Å². The number of anilines is 2. The molecule has 0 spiro atoms. The number of nitrogens with one attached hydrogen (secondary N) is 2. The second-order valence-corrected chi connectivity index (χ2v) is 5.72. The Hall–Kier alpha value is -2.57. The van der Waals surface area contributed by atoms with Gasteiger partial charge in [0.25, 0.3) is 5.91 Å². The molecule has 0 aliphatic rings. The number of rotatable bonds is 3. The van der Waals surface area contributed by atoms with Crippen molar-refractivity contribution in [3.63, 3.8) is 0 Å². The average molecular weight is 306 g/mol. The van der Waals surface area contributed by atoms with E-state index in [0.29, 0.717) is 12.0 Å². The fourth-order valence-corrected chi connectivity index (χ4v) is 1.66. The van der Waals surface area contributed by atoms with Crippen LogP contribution in [0.2, 0.25) is 0 Å². The summed E-state index contributed by atoms with van der Waals surface area (Å²) in [6.45, 7) is 5.78. The molecule has 1 amide bonds. The Bertz CT molecular complexity index is 698. The molecule has 0 atom stereocenters. The van der Waals surface area contributed by atoms with E-state index in [9.17, 15) is 13.6 Å². The molecule has 0 fully saturated rings. The van der Waals surface area contributed by atoms with Gasteiger partial charge in [-0.2, -0.15) is 0 Å². The van der Waals surface area contributed by atoms with Gasteiger partial charge in [0, 0.05) is 17.8 Å². The van der Waals surface area contributed by atoms with Gasteiger partial charge in [0.05, 0.1) is 5.69 Å². The smallest absolute Gasteiger partial charge is 0.274 e. The van der Waals surface area contributed by atoms with Crippen molar-refractivity contribution in [3.05, 3.63) is 47.8 Å². The minimum Gasteiger partial charge on any atom is -0.350 e. The summed E-state index contributed by atoms with van der Waals surface area (Å²) in [6.07, 6.45) is 1.43. The predicted molar refractivity (Wildman–Crippen MR) is 79.7 cm³/mol. The maximum atomic E-state index is 13.5. The highest BCUT2D eigenvalue weighted by Gasteiger charge is 2.15. The Morgan fingerprint density at radius 3 is 2.55 bits per heavy atom. The number of nitrogens with zero attached hydrogens (tertiary/aromatic N) is 2. The van der Waals surface area contributed by atoms with E-state index in [1.165, 1.54) is 12.3 Å².